The van der Waals surface area contributed by atoms with Crippen LogP contribution in [0.5, 0.6) is 0 Å². The van der Waals surface area contributed by atoms with E-state index in [1.807, 2.05) is 43.8 Å². The smallest absolute Gasteiger partial charge is 0.374 e. The minimum atomic E-state index is -0.504. The number of hydrogen-bond acceptors (Lipinski definition) is 8. The molecule has 12 rings (SSSR count). The molecule has 0 amide bonds. The van der Waals surface area contributed by atoms with Gasteiger partial charge in [-0.15, -0.1) is 0 Å². The van der Waals surface area contributed by atoms with Crippen LogP contribution in [0.15, 0.2) is 169 Å². The molecule has 0 spiro atoms. The summed E-state index contributed by atoms with van der Waals surface area (Å²) in [6.07, 6.45) is 9.02. The first kappa shape index (κ1) is 46.8. The van der Waals surface area contributed by atoms with Gasteiger partial charge in [-0.25, -0.2) is 0 Å². The van der Waals surface area contributed by atoms with Crippen LogP contribution in [0.1, 0.15) is 54.1 Å². The van der Waals surface area contributed by atoms with Crippen LogP contribution < -0.4 is 30.9 Å². The molecular formula is C54H60B2BrN9O2. The van der Waals surface area contributed by atoms with Crippen molar-refractivity contribution in [2.75, 3.05) is 41.8 Å². The number of fused-ring (bicyclic) bond motifs is 6. The van der Waals surface area contributed by atoms with Gasteiger partial charge in [0, 0.05) is 122 Å². The first-order valence-corrected chi connectivity index (χ1v) is 24.5. The fourth-order valence-corrected chi connectivity index (χ4v) is 10.2. The van der Waals surface area contributed by atoms with Gasteiger partial charge >= 0.3 is 14.1 Å². The van der Waals surface area contributed by atoms with E-state index in [9.17, 15) is 10.0 Å². The average molecular weight is 969 g/mol. The largest absolute Gasteiger partial charge is 0.437 e. The van der Waals surface area contributed by atoms with Crippen molar-refractivity contribution in [2.24, 2.45) is 0 Å². The lowest BCUT2D eigenvalue weighted by Gasteiger charge is -2.36. The van der Waals surface area contributed by atoms with Gasteiger partial charge in [-0.2, -0.15) is 0 Å². The SMILES string of the molecule is Brc1ccc2[nH]ccc2c1.CB(O)NC1CCN(c2ccc3[nH]ccc3c2)c2ccccc21.CB(O)NC1CCNc2ccccc21.CNC1CCN(c2ccc3[nH]ccc3c2)c2ccccc21. The number of H-pyrrole nitrogens is 3. The maximum Gasteiger partial charge on any atom is 0.374 e. The van der Waals surface area contributed by atoms with Crippen molar-refractivity contribution in [3.05, 3.63) is 185 Å². The highest BCUT2D eigenvalue weighted by Gasteiger charge is 2.28. The van der Waals surface area contributed by atoms with Crippen LogP contribution in [0.25, 0.3) is 32.7 Å². The van der Waals surface area contributed by atoms with Crippen molar-refractivity contribution < 1.29 is 10.0 Å². The van der Waals surface area contributed by atoms with Crippen LogP contribution in [0.4, 0.5) is 28.4 Å². The van der Waals surface area contributed by atoms with E-state index in [1.165, 1.54) is 72.3 Å². The molecule has 68 heavy (non-hydrogen) atoms. The van der Waals surface area contributed by atoms with Gasteiger partial charge in [0.2, 0.25) is 0 Å². The standard InChI is InChI=1S/C18H20BN3O.C18H19N3.C10H15BN2O.C8H6BrN/c1-19(23)21-17-9-11-22(18-5-3-2-4-15(17)18)14-6-7-16-13(12-14)8-10-20-16;1-19-17-9-11-21(18-5-3-2-4-15(17)18)14-6-7-16-13(12-14)8-10-20-16;1-11(14)13-10-6-7-12-9-5-3-2-4-8(9)10;9-7-1-2-8-6(5-7)3-4-10-8/h2-8,10,12,17,20-21,23H,9,11H2,1H3;2-8,10,12,17,19-20H,9,11H2,1H3;2-5,10,12-14H,6-7H2,1H3;1-5,10H. The molecule has 6 aromatic carbocycles. The van der Waals surface area contributed by atoms with Gasteiger partial charge < -0.3 is 55.9 Å². The lowest BCUT2D eigenvalue weighted by atomic mass is 9.83. The van der Waals surface area contributed by atoms with E-state index in [0.717, 1.165) is 48.9 Å². The van der Waals surface area contributed by atoms with Crippen molar-refractivity contribution in [3.8, 4) is 0 Å². The summed E-state index contributed by atoms with van der Waals surface area (Å²) in [5, 5.41) is 35.9. The lowest BCUT2D eigenvalue weighted by Crippen LogP contribution is -2.39. The molecule has 9 aromatic rings. The third-order valence-electron chi connectivity index (χ3n) is 13.0. The first-order valence-electron chi connectivity index (χ1n) is 23.7. The molecule has 3 aliphatic heterocycles. The summed E-state index contributed by atoms with van der Waals surface area (Å²) >= 11 is 3.40. The second-order valence-electron chi connectivity index (χ2n) is 17.6. The molecule has 11 nitrogen and oxygen atoms in total. The zero-order valence-corrected chi connectivity index (χ0v) is 40.5. The average Bonchev–Trinajstić information content (AvgIpc) is 4.16. The fourth-order valence-electron chi connectivity index (χ4n) is 9.80. The third-order valence-corrected chi connectivity index (χ3v) is 13.5. The van der Waals surface area contributed by atoms with E-state index in [1.54, 1.807) is 13.6 Å². The zero-order valence-electron chi connectivity index (χ0n) is 38.9. The summed E-state index contributed by atoms with van der Waals surface area (Å²) in [5.41, 5.74) is 13.6. The van der Waals surface area contributed by atoms with Gasteiger partial charge in [0.25, 0.3) is 0 Å². The Balaban J connectivity index is 0.000000118. The van der Waals surface area contributed by atoms with Crippen LogP contribution in [0.2, 0.25) is 13.6 Å². The summed E-state index contributed by atoms with van der Waals surface area (Å²) in [4.78, 5) is 14.4. The molecule has 14 heteroatoms. The van der Waals surface area contributed by atoms with Crippen molar-refractivity contribution in [1.29, 1.82) is 0 Å². The number of benzene rings is 6. The second-order valence-corrected chi connectivity index (χ2v) is 18.6. The van der Waals surface area contributed by atoms with Crippen molar-refractivity contribution in [3.63, 3.8) is 0 Å². The Morgan fingerprint density at radius 3 is 1.53 bits per heavy atom. The first-order chi connectivity index (χ1) is 33.2. The molecule has 0 bridgehead atoms. The molecule has 9 N–H and O–H groups in total. The van der Waals surface area contributed by atoms with E-state index in [4.69, 9.17) is 0 Å². The van der Waals surface area contributed by atoms with Crippen molar-refractivity contribution in [2.45, 2.75) is 51.0 Å². The van der Waals surface area contributed by atoms with Crippen LogP contribution in [0, 0.1) is 0 Å². The number of halogens is 1. The van der Waals surface area contributed by atoms with Gasteiger partial charge in [0.15, 0.2) is 0 Å². The summed E-state index contributed by atoms with van der Waals surface area (Å²) < 4.78 is 1.12. The lowest BCUT2D eigenvalue weighted by molar-refractivity contribution is 0.500. The number of rotatable bonds is 7. The van der Waals surface area contributed by atoms with Gasteiger partial charge in [-0.3, -0.25) is 0 Å². The summed E-state index contributed by atoms with van der Waals surface area (Å²) in [5.74, 6) is 0. The Morgan fingerprint density at radius 2 is 0.985 bits per heavy atom. The molecule has 3 aliphatic rings. The van der Waals surface area contributed by atoms with E-state index >= 15 is 0 Å². The molecule has 3 atom stereocenters. The minimum absolute atomic E-state index is 0.193. The molecule has 0 radical (unpaired) electrons. The number of para-hydroxylation sites is 3. The summed E-state index contributed by atoms with van der Waals surface area (Å²) in [6, 6.07) is 51.9. The Labute approximate surface area is 408 Å². The predicted molar refractivity (Wildman–Crippen MR) is 290 cm³/mol. The van der Waals surface area contributed by atoms with Crippen LogP contribution >= 0.6 is 15.9 Å². The molecule has 3 aromatic heterocycles. The second kappa shape index (κ2) is 21.8. The van der Waals surface area contributed by atoms with Gasteiger partial charge in [0.05, 0.1) is 0 Å². The maximum absolute atomic E-state index is 9.68. The Hall–Kier alpha value is -6.25. The van der Waals surface area contributed by atoms with Crippen molar-refractivity contribution in [1.82, 2.24) is 30.7 Å². The highest BCUT2D eigenvalue weighted by molar-refractivity contribution is 9.10. The Kier molecular flexibility index (Phi) is 15.0. The molecular weight excluding hydrogens is 908 g/mol. The highest BCUT2D eigenvalue weighted by Crippen LogP contribution is 2.40. The Bertz CT molecular complexity index is 3060. The number of aromatic nitrogens is 3. The highest BCUT2D eigenvalue weighted by atomic mass is 79.9. The van der Waals surface area contributed by atoms with E-state index in [0.29, 0.717) is 6.04 Å². The third kappa shape index (κ3) is 10.9. The van der Waals surface area contributed by atoms with Gasteiger partial charge in [0.1, 0.15) is 0 Å². The fraction of sp³-hybridized carbons (Fsp3) is 0.222. The molecule has 0 aliphatic carbocycles. The van der Waals surface area contributed by atoms with E-state index in [2.05, 4.69) is 189 Å². The molecule has 3 unspecified atom stereocenters. The van der Waals surface area contributed by atoms with E-state index in [-0.39, 0.29) is 12.1 Å². The van der Waals surface area contributed by atoms with Gasteiger partial charge in [-0.05, 0) is 148 Å². The maximum atomic E-state index is 9.68. The topological polar surface area (TPSA) is 142 Å². The number of aromatic amines is 3. The van der Waals surface area contributed by atoms with Crippen LogP contribution in [0.3, 0.4) is 0 Å². The minimum Gasteiger partial charge on any atom is -0.437 e. The van der Waals surface area contributed by atoms with Crippen LogP contribution in [-0.4, -0.2) is 65.8 Å². The van der Waals surface area contributed by atoms with Crippen molar-refractivity contribution >= 4 is 91.2 Å². The molecule has 0 fully saturated rings. The van der Waals surface area contributed by atoms with Crippen LogP contribution in [-0.2, 0) is 0 Å². The summed E-state index contributed by atoms with van der Waals surface area (Å²) in [7, 11) is 1.09. The molecule has 0 saturated heterocycles. The molecule has 346 valence electrons. The number of hydrogen-bond donors (Lipinski definition) is 9. The monoisotopic (exact) mass is 967 g/mol. The normalized spacial score (nSPS) is 17.0. The summed E-state index contributed by atoms with van der Waals surface area (Å²) in [6.45, 7) is 6.46. The van der Waals surface area contributed by atoms with E-state index < -0.39 is 14.1 Å². The van der Waals surface area contributed by atoms with Gasteiger partial charge in [-0.1, -0.05) is 70.5 Å². The number of anilines is 5. The molecule has 0 saturated carbocycles. The predicted octanol–water partition coefficient (Wildman–Crippen LogP) is 11.6. The Morgan fingerprint density at radius 1 is 0.529 bits per heavy atom. The molecule has 6 heterocycles. The number of nitrogens with one attached hydrogen (secondary N) is 7. The quantitative estimate of drug-likeness (QED) is 0.0719. The zero-order chi connectivity index (χ0) is 47.0. The number of nitrogens with zero attached hydrogens (tertiary/aromatic N) is 2.